The third-order valence-electron chi connectivity index (χ3n) is 7.86. The van der Waals surface area contributed by atoms with E-state index in [0.717, 1.165) is 18.4 Å². The first kappa shape index (κ1) is 25.6. The lowest BCUT2D eigenvalue weighted by atomic mass is 9.69. The van der Waals surface area contributed by atoms with Gasteiger partial charge in [-0.1, -0.05) is 63.3 Å². The summed E-state index contributed by atoms with van der Waals surface area (Å²) in [7, 11) is 0. The Balaban J connectivity index is 1.31. The molecular formula is C28H43F3O. The number of benzene rings is 1. The average Bonchev–Trinajstić information content (AvgIpc) is 2.79. The van der Waals surface area contributed by atoms with Gasteiger partial charge in [-0.15, -0.1) is 0 Å². The van der Waals surface area contributed by atoms with E-state index in [-0.39, 0.29) is 0 Å². The minimum absolute atomic E-state index is 0.366. The van der Waals surface area contributed by atoms with Gasteiger partial charge in [0.15, 0.2) is 0 Å². The minimum atomic E-state index is -4.13. The molecule has 0 bridgehead atoms. The molecule has 0 N–H and O–H groups in total. The average molecular weight is 453 g/mol. The predicted octanol–water partition coefficient (Wildman–Crippen LogP) is 9.00. The summed E-state index contributed by atoms with van der Waals surface area (Å²) >= 11 is 0. The third kappa shape index (κ3) is 8.72. The monoisotopic (exact) mass is 452 g/mol. The molecule has 1 nitrogen and oxygen atoms in total. The Bertz CT molecular complexity index is 623. The largest absolute Gasteiger partial charge is 0.393 e. The quantitative estimate of drug-likeness (QED) is 0.304. The molecular weight excluding hydrogens is 409 g/mol. The zero-order valence-electron chi connectivity index (χ0n) is 20.0. The van der Waals surface area contributed by atoms with Crippen LogP contribution in [0.25, 0.3) is 0 Å². The van der Waals surface area contributed by atoms with E-state index >= 15 is 0 Å². The third-order valence-corrected chi connectivity index (χ3v) is 7.86. The minimum Gasteiger partial charge on any atom is -0.378 e. The fourth-order valence-electron chi connectivity index (χ4n) is 5.92. The van der Waals surface area contributed by atoms with Crippen LogP contribution < -0.4 is 0 Å². The summed E-state index contributed by atoms with van der Waals surface area (Å²) in [6.07, 6.45) is 13.4. The Morgan fingerprint density at radius 2 is 1.31 bits per heavy atom. The Hall–Kier alpha value is -1.03. The molecule has 1 aromatic carbocycles. The molecule has 0 saturated heterocycles. The maximum atomic E-state index is 12.6. The summed E-state index contributed by atoms with van der Waals surface area (Å²) in [5, 5.41) is 0. The molecule has 182 valence electrons. The molecule has 2 saturated carbocycles. The number of hydrogen-bond donors (Lipinski definition) is 0. The molecule has 32 heavy (non-hydrogen) atoms. The fourth-order valence-corrected chi connectivity index (χ4v) is 5.92. The molecule has 0 heterocycles. The zero-order chi connectivity index (χ0) is 22.8. The zero-order valence-corrected chi connectivity index (χ0v) is 20.0. The van der Waals surface area contributed by atoms with Crippen LogP contribution in [0.2, 0.25) is 0 Å². The lowest BCUT2D eigenvalue weighted by Gasteiger charge is -2.38. The maximum absolute atomic E-state index is 12.6. The first-order valence-electron chi connectivity index (χ1n) is 13.2. The van der Waals surface area contributed by atoms with Crippen LogP contribution in [0.5, 0.6) is 0 Å². The summed E-state index contributed by atoms with van der Waals surface area (Å²) in [6.45, 7) is 3.20. The number of hydrogen-bond acceptors (Lipinski definition) is 1. The summed E-state index contributed by atoms with van der Waals surface area (Å²) in [5.74, 6) is 2.19. The topological polar surface area (TPSA) is 9.23 Å². The van der Waals surface area contributed by atoms with Crippen molar-refractivity contribution in [1.82, 2.24) is 0 Å². The Morgan fingerprint density at radius 3 is 1.91 bits per heavy atom. The van der Waals surface area contributed by atoms with Crippen LogP contribution in [0, 0.1) is 11.8 Å². The van der Waals surface area contributed by atoms with E-state index in [4.69, 9.17) is 4.74 Å². The molecule has 2 aliphatic rings. The highest BCUT2D eigenvalue weighted by atomic mass is 19.4. The number of rotatable bonds is 11. The fraction of sp³-hybridized carbons (Fsp3) is 0.786. The number of unbranched alkanes of at least 4 members (excludes halogenated alkanes) is 5. The van der Waals surface area contributed by atoms with Crippen LogP contribution in [-0.2, 0) is 11.2 Å². The first-order chi connectivity index (χ1) is 15.4. The van der Waals surface area contributed by atoms with Crippen molar-refractivity contribution < 1.29 is 17.9 Å². The maximum Gasteiger partial charge on any atom is 0.393 e. The molecule has 0 unspecified atom stereocenters. The highest BCUT2D eigenvalue weighted by Gasteiger charge is 2.32. The van der Waals surface area contributed by atoms with Gasteiger partial charge in [0.05, 0.1) is 12.5 Å². The van der Waals surface area contributed by atoms with Gasteiger partial charge in [0.25, 0.3) is 0 Å². The number of ether oxygens (including phenoxy) is 1. The number of alkyl halides is 3. The van der Waals surface area contributed by atoms with Crippen LogP contribution in [0.1, 0.15) is 114 Å². The molecule has 0 amide bonds. The highest BCUT2D eigenvalue weighted by Crippen LogP contribution is 2.43. The lowest BCUT2D eigenvalue weighted by Crippen LogP contribution is -2.28. The van der Waals surface area contributed by atoms with E-state index in [9.17, 15) is 13.2 Å². The van der Waals surface area contributed by atoms with Gasteiger partial charge in [-0.05, 0) is 86.7 Å². The number of halogens is 3. The smallest absolute Gasteiger partial charge is 0.378 e. The van der Waals surface area contributed by atoms with Gasteiger partial charge in [0.2, 0.25) is 0 Å². The van der Waals surface area contributed by atoms with E-state index < -0.39 is 12.6 Å². The molecule has 0 spiro atoms. The summed E-state index contributed by atoms with van der Waals surface area (Å²) in [5.41, 5.74) is 1.59. The standard InChI is InChI=1S/C28H43F3O/c1-2-3-4-5-6-7-20-32-27-18-16-26(17-19-27)25-14-12-24(13-15-25)23-10-8-22(9-11-23)21-28(29,30)31/h8-11,24-27H,2-7,12-21H2,1H3/t24-,25-,26-,27-. The van der Waals surface area contributed by atoms with Crippen molar-refractivity contribution >= 4 is 0 Å². The van der Waals surface area contributed by atoms with Crippen molar-refractivity contribution in [2.24, 2.45) is 11.8 Å². The SMILES string of the molecule is CCCCCCCCO[C@H]1CC[C@H]([C@H]2CC[C@H](c3ccc(CC(F)(F)F)cc3)CC2)CC1. The Morgan fingerprint density at radius 1 is 0.750 bits per heavy atom. The van der Waals surface area contributed by atoms with E-state index in [1.807, 2.05) is 12.1 Å². The first-order valence-corrected chi connectivity index (χ1v) is 13.2. The molecule has 0 aromatic heterocycles. The molecule has 0 atom stereocenters. The molecule has 0 aliphatic heterocycles. The van der Waals surface area contributed by atoms with Crippen LogP contribution in [-0.4, -0.2) is 18.9 Å². The lowest BCUT2D eigenvalue weighted by molar-refractivity contribution is -0.127. The van der Waals surface area contributed by atoms with Crippen LogP contribution >= 0.6 is 0 Å². The van der Waals surface area contributed by atoms with Crippen molar-refractivity contribution in [2.45, 2.75) is 121 Å². The van der Waals surface area contributed by atoms with E-state index in [1.54, 1.807) is 12.1 Å². The normalized spacial score (nSPS) is 26.9. The van der Waals surface area contributed by atoms with Gasteiger partial charge < -0.3 is 4.74 Å². The van der Waals surface area contributed by atoms with Crippen molar-refractivity contribution in [1.29, 1.82) is 0 Å². The Labute approximate surface area is 193 Å². The van der Waals surface area contributed by atoms with E-state index in [0.29, 0.717) is 17.6 Å². The van der Waals surface area contributed by atoms with Gasteiger partial charge in [-0.3, -0.25) is 0 Å². The van der Waals surface area contributed by atoms with Gasteiger partial charge in [0.1, 0.15) is 0 Å². The summed E-state index contributed by atoms with van der Waals surface area (Å²) in [4.78, 5) is 0. The second-order valence-corrected chi connectivity index (χ2v) is 10.3. The molecule has 2 aliphatic carbocycles. The van der Waals surface area contributed by atoms with Gasteiger partial charge >= 0.3 is 6.18 Å². The van der Waals surface area contributed by atoms with E-state index in [1.165, 1.54) is 95.5 Å². The van der Waals surface area contributed by atoms with Crippen molar-refractivity contribution in [2.75, 3.05) is 6.61 Å². The van der Waals surface area contributed by atoms with E-state index in [2.05, 4.69) is 6.92 Å². The molecule has 4 heteroatoms. The van der Waals surface area contributed by atoms with Crippen molar-refractivity contribution in [3.05, 3.63) is 35.4 Å². The van der Waals surface area contributed by atoms with Crippen molar-refractivity contribution in [3.8, 4) is 0 Å². The molecule has 1 aromatic rings. The molecule has 2 fully saturated rings. The van der Waals surface area contributed by atoms with Gasteiger partial charge in [-0.2, -0.15) is 13.2 Å². The van der Waals surface area contributed by atoms with Crippen LogP contribution in [0.4, 0.5) is 13.2 Å². The predicted molar refractivity (Wildman–Crippen MR) is 126 cm³/mol. The Kier molecular flexibility index (Phi) is 10.4. The highest BCUT2D eigenvalue weighted by molar-refractivity contribution is 5.26. The molecule has 3 rings (SSSR count). The molecule has 0 radical (unpaired) electrons. The second kappa shape index (κ2) is 13.0. The van der Waals surface area contributed by atoms with Crippen molar-refractivity contribution in [3.63, 3.8) is 0 Å². The second-order valence-electron chi connectivity index (χ2n) is 10.3. The van der Waals surface area contributed by atoms with Crippen LogP contribution in [0.3, 0.4) is 0 Å². The summed E-state index contributed by atoms with van der Waals surface area (Å²) in [6, 6.07) is 7.19. The van der Waals surface area contributed by atoms with Gasteiger partial charge in [-0.25, -0.2) is 0 Å². The van der Waals surface area contributed by atoms with Crippen LogP contribution in [0.15, 0.2) is 24.3 Å². The van der Waals surface area contributed by atoms with Gasteiger partial charge in [0, 0.05) is 6.61 Å². The summed E-state index contributed by atoms with van der Waals surface area (Å²) < 4.78 is 43.9.